The van der Waals surface area contributed by atoms with Crippen molar-refractivity contribution in [3.8, 4) is 5.75 Å². The minimum atomic E-state index is -0.654. The molecule has 0 bridgehead atoms. The van der Waals surface area contributed by atoms with Crippen LogP contribution in [0.2, 0.25) is 15.1 Å². The van der Waals surface area contributed by atoms with Gasteiger partial charge in [0, 0.05) is 25.6 Å². The number of halogens is 4. The van der Waals surface area contributed by atoms with Gasteiger partial charge in [-0.25, -0.2) is 10.2 Å². The quantitative estimate of drug-likeness (QED) is 0.181. The molecule has 3 aromatic rings. The topological polar surface area (TPSA) is 67.8 Å². The summed E-state index contributed by atoms with van der Waals surface area (Å²) in [7, 11) is 0. The average molecular weight is 527 g/mol. The van der Waals surface area contributed by atoms with Gasteiger partial charge in [-0.2, -0.15) is 5.10 Å². The number of esters is 1. The van der Waals surface area contributed by atoms with Crippen LogP contribution in [0.25, 0.3) is 0 Å². The lowest BCUT2D eigenvalue weighted by molar-refractivity contribution is 0.0734. The number of hydrazone groups is 1. The molecule has 0 atom stereocenters. The number of carbonyl (C=O) groups excluding carboxylic acids is 2. The number of rotatable bonds is 5. The molecular formula is C21H12BrCl3N2O3. The molecule has 3 rings (SSSR count). The van der Waals surface area contributed by atoms with Crippen LogP contribution in [-0.4, -0.2) is 18.1 Å². The Morgan fingerprint density at radius 2 is 1.63 bits per heavy atom. The van der Waals surface area contributed by atoms with E-state index in [-0.39, 0.29) is 16.3 Å². The third kappa shape index (κ3) is 5.83. The van der Waals surface area contributed by atoms with Gasteiger partial charge in [-0.15, -0.1) is 0 Å². The van der Waals surface area contributed by atoms with Crippen LogP contribution in [0.1, 0.15) is 26.3 Å². The van der Waals surface area contributed by atoms with Crippen LogP contribution in [0.15, 0.2) is 70.2 Å². The smallest absolute Gasteiger partial charge is 0.345 e. The lowest BCUT2D eigenvalue weighted by Crippen LogP contribution is -2.17. The van der Waals surface area contributed by atoms with Crippen LogP contribution in [0, 0.1) is 0 Å². The molecule has 0 spiro atoms. The average Bonchev–Trinajstić information content (AvgIpc) is 2.70. The van der Waals surface area contributed by atoms with E-state index in [0.29, 0.717) is 21.2 Å². The Hall–Kier alpha value is -2.38. The van der Waals surface area contributed by atoms with Crippen molar-refractivity contribution in [2.45, 2.75) is 0 Å². The molecule has 0 aliphatic carbocycles. The largest absolute Gasteiger partial charge is 0.422 e. The maximum atomic E-state index is 12.5. The number of ether oxygens (including phenoxy) is 1. The second-order valence-corrected chi connectivity index (χ2v) is 8.10. The number of amides is 1. The molecule has 0 saturated carbocycles. The van der Waals surface area contributed by atoms with Gasteiger partial charge >= 0.3 is 5.97 Å². The normalized spacial score (nSPS) is 10.8. The molecule has 0 aromatic heterocycles. The fraction of sp³-hybridized carbons (Fsp3) is 0. The Morgan fingerprint density at radius 3 is 2.33 bits per heavy atom. The van der Waals surface area contributed by atoms with Crippen molar-refractivity contribution >= 4 is 68.8 Å². The molecule has 0 aliphatic heterocycles. The van der Waals surface area contributed by atoms with Crippen LogP contribution >= 0.6 is 50.7 Å². The molecule has 0 saturated heterocycles. The lowest BCUT2D eigenvalue weighted by Gasteiger charge is -2.09. The molecule has 0 unspecified atom stereocenters. The van der Waals surface area contributed by atoms with Gasteiger partial charge in [-0.1, -0.05) is 50.7 Å². The molecule has 1 N–H and O–H groups in total. The first kappa shape index (κ1) is 22.3. The Kier molecular flexibility index (Phi) is 7.50. The SMILES string of the molecule is O=C(N/N=C\c1cc(Br)ccc1OC(=O)c1ccc(Cl)cc1Cl)c1ccc(Cl)cc1. The summed E-state index contributed by atoms with van der Waals surface area (Å²) in [6.07, 6.45) is 1.37. The zero-order valence-electron chi connectivity index (χ0n) is 15.0. The van der Waals surface area contributed by atoms with E-state index >= 15 is 0 Å². The van der Waals surface area contributed by atoms with Crippen molar-refractivity contribution in [3.05, 3.63) is 96.9 Å². The van der Waals surface area contributed by atoms with Crippen molar-refractivity contribution in [2.24, 2.45) is 5.10 Å². The first-order valence-corrected chi connectivity index (χ1v) is 10.3. The first-order chi connectivity index (χ1) is 14.3. The number of nitrogens with zero attached hydrogens (tertiary/aromatic N) is 1. The third-order valence-electron chi connectivity index (χ3n) is 3.80. The molecule has 3 aromatic carbocycles. The van der Waals surface area contributed by atoms with E-state index in [4.69, 9.17) is 39.5 Å². The van der Waals surface area contributed by atoms with Crippen LogP contribution in [0.5, 0.6) is 5.75 Å². The molecular weight excluding hydrogens is 515 g/mol. The van der Waals surface area contributed by atoms with E-state index in [0.717, 1.165) is 4.47 Å². The molecule has 152 valence electrons. The van der Waals surface area contributed by atoms with Crippen LogP contribution < -0.4 is 10.2 Å². The summed E-state index contributed by atoms with van der Waals surface area (Å²) in [6.45, 7) is 0. The van der Waals surface area contributed by atoms with E-state index in [1.54, 1.807) is 48.5 Å². The Balaban J connectivity index is 1.76. The summed E-state index contributed by atoms with van der Waals surface area (Å²) in [6, 6.07) is 15.8. The minimum Gasteiger partial charge on any atom is -0.422 e. The molecule has 0 aliphatic rings. The summed E-state index contributed by atoms with van der Waals surface area (Å²) < 4.78 is 6.19. The standard InChI is InChI=1S/C21H12BrCl3N2O3/c22-14-3-8-19(30-21(29)17-7-6-16(24)10-18(17)25)13(9-14)11-26-27-20(28)12-1-4-15(23)5-2-12/h1-11H,(H,27,28)/b26-11-. The predicted octanol–water partition coefficient (Wildman–Crippen LogP) is 6.39. The van der Waals surface area contributed by atoms with Crippen molar-refractivity contribution in [3.63, 3.8) is 0 Å². The fourth-order valence-corrected chi connectivity index (χ4v) is 3.34. The zero-order valence-corrected chi connectivity index (χ0v) is 18.9. The second-order valence-electron chi connectivity index (χ2n) is 5.90. The minimum absolute atomic E-state index is 0.169. The molecule has 0 fully saturated rings. The van der Waals surface area contributed by atoms with Gasteiger partial charge in [0.15, 0.2) is 0 Å². The summed E-state index contributed by atoms with van der Waals surface area (Å²) in [5, 5.41) is 5.05. The highest BCUT2D eigenvalue weighted by atomic mass is 79.9. The number of nitrogens with one attached hydrogen (secondary N) is 1. The van der Waals surface area contributed by atoms with Gasteiger partial charge < -0.3 is 4.74 Å². The third-order valence-corrected chi connectivity index (χ3v) is 5.09. The molecule has 30 heavy (non-hydrogen) atoms. The molecule has 9 heteroatoms. The number of benzene rings is 3. The van der Waals surface area contributed by atoms with Gasteiger partial charge in [-0.05, 0) is 60.7 Å². The Bertz CT molecular complexity index is 1130. The Morgan fingerprint density at radius 1 is 0.933 bits per heavy atom. The van der Waals surface area contributed by atoms with Gasteiger partial charge in [0.25, 0.3) is 5.91 Å². The Labute approximate surface area is 195 Å². The van der Waals surface area contributed by atoms with Gasteiger partial charge in [-0.3, -0.25) is 4.79 Å². The highest BCUT2D eigenvalue weighted by molar-refractivity contribution is 9.10. The highest BCUT2D eigenvalue weighted by Crippen LogP contribution is 2.26. The number of carbonyl (C=O) groups is 2. The van der Waals surface area contributed by atoms with Crippen LogP contribution in [0.4, 0.5) is 0 Å². The van der Waals surface area contributed by atoms with Gasteiger partial charge in [0.2, 0.25) is 0 Å². The van der Waals surface area contributed by atoms with E-state index in [2.05, 4.69) is 26.5 Å². The maximum absolute atomic E-state index is 12.5. The van der Waals surface area contributed by atoms with E-state index < -0.39 is 11.9 Å². The molecule has 5 nitrogen and oxygen atoms in total. The summed E-state index contributed by atoms with van der Waals surface area (Å²) >= 11 is 21.1. The van der Waals surface area contributed by atoms with Crippen molar-refractivity contribution in [1.29, 1.82) is 0 Å². The predicted molar refractivity (Wildman–Crippen MR) is 122 cm³/mol. The van der Waals surface area contributed by atoms with Crippen LogP contribution in [0.3, 0.4) is 0 Å². The first-order valence-electron chi connectivity index (χ1n) is 8.39. The van der Waals surface area contributed by atoms with Crippen molar-refractivity contribution < 1.29 is 14.3 Å². The van der Waals surface area contributed by atoms with Crippen molar-refractivity contribution in [1.82, 2.24) is 5.43 Å². The zero-order chi connectivity index (χ0) is 21.7. The number of hydrogen-bond acceptors (Lipinski definition) is 4. The molecule has 1 amide bonds. The lowest BCUT2D eigenvalue weighted by atomic mass is 10.2. The molecule has 0 heterocycles. The molecule has 0 radical (unpaired) electrons. The summed E-state index contributed by atoms with van der Waals surface area (Å²) in [5.41, 5.74) is 3.43. The van der Waals surface area contributed by atoms with Gasteiger partial charge in [0.05, 0.1) is 16.8 Å². The maximum Gasteiger partial charge on any atom is 0.345 e. The van der Waals surface area contributed by atoms with E-state index in [9.17, 15) is 9.59 Å². The number of hydrogen-bond donors (Lipinski definition) is 1. The second kappa shape index (κ2) is 10.1. The van der Waals surface area contributed by atoms with Gasteiger partial charge in [0.1, 0.15) is 5.75 Å². The van der Waals surface area contributed by atoms with Crippen LogP contribution in [-0.2, 0) is 0 Å². The van der Waals surface area contributed by atoms with E-state index in [1.165, 1.54) is 18.3 Å². The summed E-state index contributed by atoms with van der Waals surface area (Å²) in [4.78, 5) is 24.6. The monoisotopic (exact) mass is 524 g/mol. The van der Waals surface area contributed by atoms with Crippen molar-refractivity contribution in [2.75, 3.05) is 0 Å². The summed E-state index contributed by atoms with van der Waals surface area (Å²) in [5.74, 6) is -0.832. The highest BCUT2D eigenvalue weighted by Gasteiger charge is 2.15. The van der Waals surface area contributed by atoms with E-state index in [1.807, 2.05) is 0 Å². The fourth-order valence-electron chi connectivity index (χ4n) is 2.35.